The van der Waals surface area contributed by atoms with E-state index >= 15 is 0 Å². The third kappa shape index (κ3) is 5.34. The van der Waals surface area contributed by atoms with Crippen molar-refractivity contribution in [1.82, 2.24) is 24.8 Å². The molecule has 0 radical (unpaired) electrons. The Morgan fingerprint density at radius 2 is 1.95 bits per heavy atom. The standard InChI is InChI=1S/C31H35N5O3/c1-39-24-9-10-25-22(18-24)8-11-27(26(25)17-21-5-4-14-32-19-21)33-30(37)20-35-15-12-23(13-16-35)36-29-7-3-2-6-28(29)34-31(36)38/h2-7,9-10,14,18-19,23,26-27H,8,11-13,15-17,20H2,1H3,(H,33,37)(H,34,38)/t26-,27-/m1/s1. The van der Waals surface area contributed by atoms with Crippen LogP contribution in [-0.2, 0) is 17.6 Å². The topological polar surface area (TPSA) is 92.2 Å². The molecule has 8 nitrogen and oxygen atoms in total. The molecule has 2 aromatic carbocycles. The van der Waals surface area contributed by atoms with Gasteiger partial charge in [0, 0.05) is 43.5 Å². The number of carbonyl (C=O) groups excluding carboxylic acids is 1. The summed E-state index contributed by atoms with van der Waals surface area (Å²) in [4.78, 5) is 35.4. The summed E-state index contributed by atoms with van der Waals surface area (Å²) in [7, 11) is 1.70. The van der Waals surface area contributed by atoms with Crippen LogP contribution >= 0.6 is 0 Å². The molecule has 1 saturated heterocycles. The summed E-state index contributed by atoms with van der Waals surface area (Å²) in [6.45, 7) is 1.95. The van der Waals surface area contributed by atoms with Gasteiger partial charge in [-0.25, -0.2) is 4.79 Å². The van der Waals surface area contributed by atoms with E-state index in [4.69, 9.17) is 4.74 Å². The maximum atomic E-state index is 13.3. The number of aryl methyl sites for hydroxylation is 1. The molecule has 2 aromatic heterocycles. The van der Waals surface area contributed by atoms with Crippen LogP contribution in [0.25, 0.3) is 11.0 Å². The molecule has 6 rings (SSSR count). The van der Waals surface area contributed by atoms with Crippen LogP contribution < -0.4 is 15.7 Å². The molecule has 0 saturated carbocycles. The fraction of sp³-hybridized carbons (Fsp3) is 0.387. The number of nitrogens with zero attached hydrogens (tertiary/aromatic N) is 3. The molecule has 2 aliphatic rings. The summed E-state index contributed by atoms with van der Waals surface area (Å²) < 4.78 is 7.36. The van der Waals surface area contributed by atoms with Crippen LogP contribution in [0, 0.1) is 0 Å². The number of piperidine rings is 1. The minimum absolute atomic E-state index is 0.0535. The van der Waals surface area contributed by atoms with Crippen LogP contribution in [0.5, 0.6) is 5.75 Å². The monoisotopic (exact) mass is 525 g/mol. The Morgan fingerprint density at radius 3 is 2.74 bits per heavy atom. The van der Waals surface area contributed by atoms with Crippen LogP contribution in [0.15, 0.2) is 71.8 Å². The maximum Gasteiger partial charge on any atom is 0.326 e. The number of likely N-dealkylation sites (tertiary alicyclic amines) is 1. The second kappa shape index (κ2) is 11.1. The highest BCUT2D eigenvalue weighted by molar-refractivity contribution is 5.78. The van der Waals surface area contributed by atoms with E-state index in [0.29, 0.717) is 6.54 Å². The number of imidazole rings is 1. The lowest BCUT2D eigenvalue weighted by atomic mass is 9.76. The molecule has 1 amide bonds. The number of para-hydroxylation sites is 2. The lowest BCUT2D eigenvalue weighted by Crippen LogP contribution is -2.48. The van der Waals surface area contributed by atoms with Crippen LogP contribution in [-0.4, -0.2) is 58.1 Å². The van der Waals surface area contributed by atoms with Crippen molar-refractivity contribution < 1.29 is 9.53 Å². The molecule has 0 bridgehead atoms. The van der Waals surface area contributed by atoms with Gasteiger partial charge < -0.3 is 15.0 Å². The molecule has 0 unspecified atom stereocenters. The zero-order valence-electron chi connectivity index (χ0n) is 22.3. The van der Waals surface area contributed by atoms with Gasteiger partial charge in [-0.05, 0) is 79.1 Å². The zero-order chi connectivity index (χ0) is 26.8. The average molecular weight is 526 g/mol. The normalized spacial score (nSPS) is 20.0. The number of amides is 1. The Morgan fingerprint density at radius 1 is 1.10 bits per heavy atom. The van der Waals surface area contributed by atoms with Gasteiger partial charge >= 0.3 is 5.69 Å². The number of hydrogen-bond acceptors (Lipinski definition) is 5. The highest BCUT2D eigenvalue weighted by Gasteiger charge is 2.32. The van der Waals surface area contributed by atoms with Gasteiger partial charge in [-0.2, -0.15) is 0 Å². The van der Waals surface area contributed by atoms with Gasteiger partial charge in [0.2, 0.25) is 5.91 Å². The number of nitrogens with one attached hydrogen (secondary N) is 2. The van der Waals surface area contributed by atoms with E-state index in [9.17, 15) is 9.59 Å². The molecule has 2 N–H and O–H groups in total. The number of pyridine rings is 1. The Balaban J connectivity index is 1.11. The predicted molar refractivity (Wildman–Crippen MR) is 151 cm³/mol. The molecule has 0 spiro atoms. The van der Waals surface area contributed by atoms with E-state index in [1.165, 1.54) is 16.7 Å². The first-order chi connectivity index (χ1) is 19.1. The lowest BCUT2D eigenvalue weighted by molar-refractivity contribution is -0.123. The molecule has 8 heteroatoms. The van der Waals surface area contributed by atoms with Gasteiger partial charge in [0.15, 0.2) is 0 Å². The number of hydrogen-bond donors (Lipinski definition) is 2. The van der Waals surface area contributed by atoms with Crippen LogP contribution in [0.2, 0.25) is 0 Å². The number of carbonyl (C=O) groups is 1. The summed E-state index contributed by atoms with van der Waals surface area (Å²) in [6.07, 6.45) is 8.02. The fourth-order valence-electron chi connectivity index (χ4n) is 6.44. The summed E-state index contributed by atoms with van der Waals surface area (Å²) in [5.74, 6) is 1.11. The van der Waals surface area contributed by atoms with Gasteiger partial charge in [-0.15, -0.1) is 0 Å². The SMILES string of the molecule is COc1ccc2c(c1)CC[C@@H](NC(=O)CN1CCC(n3c(=O)[nH]c4ccccc43)CC1)[C@@H]2Cc1cccnc1. The molecule has 1 fully saturated rings. The Labute approximate surface area is 228 Å². The first-order valence-corrected chi connectivity index (χ1v) is 13.9. The number of aromatic amines is 1. The first-order valence-electron chi connectivity index (χ1n) is 13.9. The number of fused-ring (bicyclic) bond motifs is 2. The number of H-pyrrole nitrogens is 1. The Hall–Kier alpha value is -3.91. The highest BCUT2D eigenvalue weighted by atomic mass is 16.5. The Bertz CT molecular complexity index is 1500. The summed E-state index contributed by atoms with van der Waals surface area (Å²) in [5.41, 5.74) is 5.51. The molecular formula is C31H35N5O3. The van der Waals surface area contributed by atoms with E-state index in [0.717, 1.165) is 62.0 Å². The third-order valence-electron chi connectivity index (χ3n) is 8.40. The summed E-state index contributed by atoms with van der Waals surface area (Å²) in [5, 5.41) is 3.39. The van der Waals surface area contributed by atoms with Gasteiger partial charge in [0.25, 0.3) is 0 Å². The van der Waals surface area contributed by atoms with E-state index in [-0.39, 0.29) is 29.6 Å². The number of methoxy groups -OCH3 is 1. The number of benzene rings is 2. The molecule has 2 atom stereocenters. The summed E-state index contributed by atoms with van der Waals surface area (Å²) in [6, 6.07) is 18.4. The molecule has 39 heavy (non-hydrogen) atoms. The Kier molecular flexibility index (Phi) is 7.20. The van der Waals surface area contributed by atoms with Crippen LogP contribution in [0.1, 0.15) is 47.9 Å². The van der Waals surface area contributed by atoms with Gasteiger partial charge in [-0.1, -0.05) is 24.3 Å². The average Bonchev–Trinajstić information content (AvgIpc) is 3.30. The van der Waals surface area contributed by atoms with E-state index in [1.54, 1.807) is 13.3 Å². The number of rotatable bonds is 7. The smallest absolute Gasteiger partial charge is 0.326 e. The zero-order valence-corrected chi connectivity index (χ0v) is 22.3. The highest BCUT2D eigenvalue weighted by Crippen LogP contribution is 2.36. The van der Waals surface area contributed by atoms with Crippen LogP contribution in [0.4, 0.5) is 0 Å². The largest absolute Gasteiger partial charge is 0.497 e. The van der Waals surface area contributed by atoms with Gasteiger partial charge in [-0.3, -0.25) is 19.2 Å². The molecule has 1 aliphatic carbocycles. The second-order valence-electron chi connectivity index (χ2n) is 10.8. The third-order valence-corrected chi connectivity index (χ3v) is 8.40. The van der Waals surface area contributed by atoms with Gasteiger partial charge in [0.05, 0.1) is 24.7 Å². The van der Waals surface area contributed by atoms with E-state index in [2.05, 4.69) is 38.4 Å². The summed E-state index contributed by atoms with van der Waals surface area (Å²) >= 11 is 0. The molecule has 4 aromatic rings. The molecule has 1 aliphatic heterocycles. The predicted octanol–water partition coefficient (Wildman–Crippen LogP) is 3.83. The molecular weight excluding hydrogens is 490 g/mol. The van der Waals surface area contributed by atoms with Crippen molar-refractivity contribution in [3.63, 3.8) is 0 Å². The minimum Gasteiger partial charge on any atom is -0.497 e. The lowest BCUT2D eigenvalue weighted by Gasteiger charge is -2.36. The minimum atomic E-state index is -0.0535. The van der Waals surface area contributed by atoms with Crippen LogP contribution in [0.3, 0.4) is 0 Å². The first kappa shape index (κ1) is 25.4. The maximum absolute atomic E-state index is 13.3. The van der Waals surface area contributed by atoms with E-state index in [1.807, 2.05) is 47.2 Å². The van der Waals surface area contributed by atoms with Crippen molar-refractivity contribution >= 4 is 16.9 Å². The van der Waals surface area contributed by atoms with Crippen molar-refractivity contribution in [1.29, 1.82) is 0 Å². The number of ether oxygens (including phenoxy) is 1. The number of aromatic nitrogens is 3. The van der Waals surface area contributed by atoms with Crippen molar-refractivity contribution in [2.24, 2.45) is 0 Å². The fourth-order valence-corrected chi connectivity index (χ4v) is 6.44. The van der Waals surface area contributed by atoms with Crippen molar-refractivity contribution in [2.45, 2.75) is 50.1 Å². The van der Waals surface area contributed by atoms with E-state index < -0.39 is 0 Å². The molecule has 202 valence electrons. The van der Waals surface area contributed by atoms with Crippen molar-refractivity contribution in [3.8, 4) is 5.75 Å². The molecule has 3 heterocycles. The second-order valence-corrected chi connectivity index (χ2v) is 10.8. The van der Waals surface area contributed by atoms with Crippen molar-refractivity contribution in [2.75, 3.05) is 26.7 Å². The quantitative estimate of drug-likeness (QED) is 0.383. The van der Waals surface area contributed by atoms with Crippen molar-refractivity contribution in [3.05, 3.63) is 94.2 Å². The van der Waals surface area contributed by atoms with Gasteiger partial charge in [0.1, 0.15) is 5.75 Å².